The van der Waals surface area contributed by atoms with Crippen molar-refractivity contribution in [3.8, 4) is 0 Å². The van der Waals surface area contributed by atoms with Crippen molar-refractivity contribution in [1.29, 1.82) is 0 Å². The molecule has 0 saturated carbocycles. The summed E-state index contributed by atoms with van der Waals surface area (Å²) < 4.78 is 5.08. The van der Waals surface area contributed by atoms with Crippen molar-refractivity contribution in [3.05, 3.63) is 0 Å². The molecule has 17 heavy (non-hydrogen) atoms. The second kappa shape index (κ2) is 7.04. The summed E-state index contributed by atoms with van der Waals surface area (Å²) in [5.41, 5.74) is -0.498. The topological polar surface area (TPSA) is 83.5 Å². The molecular weight excluding hydrogens is 224 g/mol. The summed E-state index contributed by atoms with van der Waals surface area (Å²) in [7, 11) is 0. The Labute approximate surface area is 101 Å². The summed E-state index contributed by atoms with van der Waals surface area (Å²) >= 11 is 0. The highest BCUT2D eigenvalue weighted by atomic mass is 16.6. The summed E-state index contributed by atoms with van der Waals surface area (Å²) in [4.78, 5) is 32.4. The molecule has 0 N–H and O–H groups in total. The van der Waals surface area contributed by atoms with Gasteiger partial charge in [0.2, 0.25) is 0 Å². The highest BCUT2D eigenvalue weighted by Crippen LogP contribution is 2.10. The van der Waals surface area contributed by atoms with Crippen LogP contribution in [0.15, 0.2) is 0 Å². The average Bonchev–Trinajstić information content (AvgIpc) is 2.08. The molecule has 0 unspecified atom stereocenters. The molecule has 0 aliphatic heterocycles. The van der Waals surface area contributed by atoms with E-state index in [0.29, 0.717) is 12.8 Å². The van der Waals surface area contributed by atoms with Gasteiger partial charge in [-0.05, 0) is 33.6 Å². The zero-order chi connectivity index (χ0) is 13.5. The van der Waals surface area contributed by atoms with E-state index in [1.165, 1.54) is 0 Å². The number of carbonyl (C=O) groups excluding carboxylic acids is 3. The largest absolute Gasteiger partial charge is 0.550 e. The highest BCUT2D eigenvalue weighted by Gasteiger charge is 2.15. The van der Waals surface area contributed by atoms with E-state index in [9.17, 15) is 19.5 Å². The van der Waals surface area contributed by atoms with Crippen LogP contribution >= 0.6 is 0 Å². The summed E-state index contributed by atoms with van der Waals surface area (Å²) in [5.74, 6) is -2.03. The molecule has 0 fully saturated rings. The van der Waals surface area contributed by atoms with Crippen molar-refractivity contribution >= 4 is 17.7 Å². The van der Waals surface area contributed by atoms with Crippen molar-refractivity contribution in [2.45, 2.75) is 58.5 Å². The third-order valence-electron chi connectivity index (χ3n) is 1.85. The molecule has 0 rings (SSSR count). The maximum absolute atomic E-state index is 11.3. The molecule has 5 heteroatoms. The number of esters is 1. The summed E-state index contributed by atoms with van der Waals surface area (Å²) in [5, 5.41) is 10.1. The molecule has 0 spiro atoms. The molecule has 0 atom stereocenters. The second-order valence-electron chi connectivity index (χ2n) is 4.88. The number of Topliss-reactive ketones (excluding diaryl/α,β-unsaturated/α-hetero) is 1. The number of unbranched alkanes of at least 4 members (excludes halogenated alkanes) is 1. The lowest BCUT2D eigenvalue weighted by Gasteiger charge is -2.19. The molecular formula is C12H19O5-. The van der Waals surface area contributed by atoms with Crippen molar-refractivity contribution in [2.24, 2.45) is 0 Å². The van der Waals surface area contributed by atoms with E-state index < -0.39 is 18.0 Å². The van der Waals surface area contributed by atoms with Gasteiger partial charge in [-0.2, -0.15) is 0 Å². The van der Waals surface area contributed by atoms with E-state index in [-0.39, 0.29) is 24.6 Å². The predicted octanol–water partition coefficient (Wildman–Crippen LogP) is 0.598. The lowest BCUT2D eigenvalue weighted by molar-refractivity contribution is -0.304. The van der Waals surface area contributed by atoms with Crippen LogP contribution in [-0.4, -0.2) is 23.3 Å². The van der Waals surface area contributed by atoms with Gasteiger partial charge in [0.05, 0.1) is 0 Å². The van der Waals surface area contributed by atoms with Gasteiger partial charge in [-0.25, -0.2) is 0 Å². The Hall–Kier alpha value is -1.39. The lowest BCUT2D eigenvalue weighted by Crippen LogP contribution is -2.25. The molecule has 0 aliphatic rings. The molecule has 0 radical (unpaired) electrons. The minimum absolute atomic E-state index is 0.163. The first-order valence-electron chi connectivity index (χ1n) is 5.64. The molecule has 98 valence electrons. The van der Waals surface area contributed by atoms with Gasteiger partial charge in [0.15, 0.2) is 0 Å². The van der Waals surface area contributed by atoms with Crippen LogP contribution in [0, 0.1) is 0 Å². The Bertz CT molecular complexity index is 288. The number of ketones is 1. The fourth-order valence-electron chi connectivity index (χ4n) is 1.23. The second-order valence-corrected chi connectivity index (χ2v) is 4.88. The van der Waals surface area contributed by atoms with Gasteiger partial charge in [-0.3, -0.25) is 9.59 Å². The molecule has 0 aromatic heterocycles. The van der Waals surface area contributed by atoms with Gasteiger partial charge in [-0.15, -0.1) is 0 Å². The Morgan fingerprint density at radius 2 is 1.59 bits per heavy atom. The summed E-state index contributed by atoms with van der Waals surface area (Å²) in [6.07, 6.45) is 0.873. The van der Waals surface area contributed by atoms with Gasteiger partial charge < -0.3 is 14.6 Å². The molecule has 0 heterocycles. The number of aliphatic carboxylic acids is 1. The van der Waals surface area contributed by atoms with E-state index in [1.54, 1.807) is 20.8 Å². The molecule has 0 saturated heterocycles. The number of rotatable bonds is 7. The van der Waals surface area contributed by atoms with E-state index in [4.69, 9.17) is 4.74 Å². The number of carboxylic acids is 1. The van der Waals surface area contributed by atoms with Gasteiger partial charge in [0.1, 0.15) is 11.4 Å². The van der Waals surface area contributed by atoms with Crippen LogP contribution in [-0.2, 0) is 19.1 Å². The van der Waals surface area contributed by atoms with Crippen LogP contribution in [0.3, 0.4) is 0 Å². The Morgan fingerprint density at radius 3 is 2.06 bits per heavy atom. The van der Waals surface area contributed by atoms with Crippen molar-refractivity contribution < 1.29 is 24.2 Å². The van der Waals surface area contributed by atoms with Gasteiger partial charge >= 0.3 is 5.97 Å². The minimum atomic E-state index is -1.36. The molecule has 5 nitrogen and oxygen atoms in total. The standard InChI is InChI=1S/C12H20O5/c1-12(2,3)17-11(16)7-5-4-6-9(13)8-10(14)15/h4-8H2,1-3H3,(H,14,15)/p-1. The van der Waals surface area contributed by atoms with Crippen LogP contribution in [0.25, 0.3) is 0 Å². The molecule has 0 aliphatic carbocycles. The van der Waals surface area contributed by atoms with Gasteiger partial charge in [0.25, 0.3) is 0 Å². The Kier molecular flexibility index (Phi) is 6.46. The third-order valence-corrected chi connectivity index (χ3v) is 1.85. The zero-order valence-electron chi connectivity index (χ0n) is 10.6. The monoisotopic (exact) mass is 243 g/mol. The lowest BCUT2D eigenvalue weighted by atomic mass is 10.1. The summed E-state index contributed by atoms with van der Waals surface area (Å²) in [6, 6.07) is 0. The Morgan fingerprint density at radius 1 is 1.06 bits per heavy atom. The third kappa shape index (κ3) is 10.9. The van der Waals surface area contributed by atoms with E-state index in [2.05, 4.69) is 0 Å². The number of ether oxygens (including phenoxy) is 1. The predicted molar refractivity (Wildman–Crippen MR) is 58.9 cm³/mol. The maximum atomic E-state index is 11.3. The van der Waals surface area contributed by atoms with Crippen molar-refractivity contribution in [1.82, 2.24) is 0 Å². The maximum Gasteiger partial charge on any atom is 0.306 e. The smallest absolute Gasteiger partial charge is 0.306 e. The minimum Gasteiger partial charge on any atom is -0.550 e. The van der Waals surface area contributed by atoms with Gasteiger partial charge in [-0.1, -0.05) is 0 Å². The number of carbonyl (C=O) groups is 3. The van der Waals surface area contributed by atoms with Gasteiger partial charge in [0, 0.05) is 25.2 Å². The number of carboxylic acid groups (broad SMARTS) is 1. The molecule has 0 aromatic rings. The van der Waals surface area contributed by atoms with E-state index in [1.807, 2.05) is 0 Å². The normalized spacial score (nSPS) is 11.0. The van der Waals surface area contributed by atoms with E-state index in [0.717, 1.165) is 0 Å². The quantitative estimate of drug-likeness (QED) is 0.371. The SMILES string of the molecule is CC(C)(C)OC(=O)CCCCC(=O)CC(=O)[O-]. The molecule has 0 bridgehead atoms. The summed E-state index contributed by atoms with van der Waals surface area (Å²) in [6.45, 7) is 5.36. The first-order valence-corrected chi connectivity index (χ1v) is 5.64. The number of hydrogen-bond donors (Lipinski definition) is 0. The fourth-order valence-corrected chi connectivity index (χ4v) is 1.23. The van der Waals surface area contributed by atoms with Crippen LogP contribution < -0.4 is 5.11 Å². The van der Waals surface area contributed by atoms with Crippen LogP contribution in [0.4, 0.5) is 0 Å². The van der Waals surface area contributed by atoms with Crippen molar-refractivity contribution in [3.63, 3.8) is 0 Å². The molecule has 0 aromatic carbocycles. The Balaban J connectivity index is 3.61. The first kappa shape index (κ1) is 15.6. The average molecular weight is 243 g/mol. The van der Waals surface area contributed by atoms with Crippen molar-refractivity contribution in [2.75, 3.05) is 0 Å². The van der Waals surface area contributed by atoms with E-state index >= 15 is 0 Å². The highest BCUT2D eigenvalue weighted by molar-refractivity contribution is 5.93. The fraction of sp³-hybridized carbons (Fsp3) is 0.750. The first-order chi connectivity index (χ1) is 7.70. The molecule has 0 amide bonds. The van der Waals surface area contributed by atoms with Crippen LogP contribution in [0.2, 0.25) is 0 Å². The van der Waals surface area contributed by atoms with Crippen LogP contribution in [0.5, 0.6) is 0 Å². The van der Waals surface area contributed by atoms with Crippen LogP contribution in [0.1, 0.15) is 52.9 Å². The number of hydrogen-bond acceptors (Lipinski definition) is 5. The zero-order valence-corrected chi connectivity index (χ0v) is 10.6.